The third-order valence-corrected chi connectivity index (χ3v) is 3.81. The number of ether oxygens (including phenoxy) is 1. The van der Waals surface area contributed by atoms with Crippen LogP contribution in [0.4, 0.5) is 0 Å². The molecule has 1 fully saturated rings. The van der Waals surface area contributed by atoms with Crippen molar-refractivity contribution in [2.75, 3.05) is 13.1 Å². The Hall–Kier alpha value is -2.50. The van der Waals surface area contributed by atoms with Crippen LogP contribution in [-0.2, 0) is 0 Å². The molecule has 120 valence electrons. The van der Waals surface area contributed by atoms with E-state index < -0.39 is 0 Å². The van der Waals surface area contributed by atoms with Crippen LogP contribution in [0.3, 0.4) is 0 Å². The molecule has 0 aromatic carbocycles. The maximum atomic E-state index is 12.5. The number of amides is 1. The largest absolute Gasteiger partial charge is 0.458 e. The van der Waals surface area contributed by atoms with Crippen LogP contribution >= 0.6 is 0 Å². The Morgan fingerprint density at radius 2 is 2.09 bits per heavy atom. The Bertz CT molecular complexity index is 670. The summed E-state index contributed by atoms with van der Waals surface area (Å²) < 4.78 is 5.90. The van der Waals surface area contributed by atoms with E-state index in [1.165, 1.54) is 0 Å². The summed E-state index contributed by atoms with van der Waals surface area (Å²) >= 11 is 0. The molecule has 23 heavy (non-hydrogen) atoms. The molecule has 1 unspecified atom stereocenters. The zero-order valence-electron chi connectivity index (χ0n) is 13.4. The van der Waals surface area contributed by atoms with Crippen LogP contribution in [0.1, 0.15) is 34.6 Å². The summed E-state index contributed by atoms with van der Waals surface area (Å²) in [7, 11) is 0. The molecule has 2 aromatic rings. The van der Waals surface area contributed by atoms with Gasteiger partial charge in [-0.15, -0.1) is 0 Å². The highest BCUT2D eigenvalue weighted by molar-refractivity contribution is 5.93. The summed E-state index contributed by atoms with van der Waals surface area (Å²) in [5.74, 6) is -0.00672. The van der Waals surface area contributed by atoms with Crippen molar-refractivity contribution in [3.8, 4) is 6.01 Å². The zero-order valence-corrected chi connectivity index (χ0v) is 13.4. The van der Waals surface area contributed by atoms with Gasteiger partial charge in [0.25, 0.3) is 5.91 Å². The molecule has 1 saturated heterocycles. The van der Waals surface area contributed by atoms with Gasteiger partial charge in [-0.1, -0.05) is 0 Å². The first-order valence-electron chi connectivity index (χ1n) is 7.80. The highest BCUT2D eigenvalue weighted by atomic mass is 16.5. The highest BCUT2D eigenvalue weighted by Gasteiger charge is 2.26. The lowest BCUT2D eigenvalue weighted by Gasteiger charge is -2.32. The number of hydrogen-bond donors (Lipinski definition) is 0. The first-order chi connectivity index (χ1) is 11.1. The summed E-state index contributed by atoms with van der Waals surface area (Å²) in [5, 5.41) is 0. The molecular formula is C17H20N4O2. The molecule has 0 radical (unpaired) electrons. The minimum absolute atomic E-state index is 0.00672. The summed E-state index contributed by atoms with van der Waals surface area (Å²) in [4.78, 5) is 26.9. The Morgan fingerprint density at radius 3 is 2.78 bits per heavy atom. The number of carbonyl (C=O) groups excluding carboxylic acids is 1. The summed E-state index contributed by atoms with van der Waals surface area (Å²) in [6.07, 6.45) is 4.98. The number of hydrogen-bond acceptors (Lipinski definition) is 5. The third kappa shape index (κ3) is 3.83. The van der Waals surface area contributed by atoms with E-state index in [2.05, 4.69) is 15.0 Å². The molecule has 6 heteroatoms. The van der Waals surface area contributed by atoms with Crippen LogP contribution in [0.2, 0.25) is 0 Å². The lowest BCUT2D eigenvalue weighted by atomic mass is 10.1. The normalized spacial score (nSPS) is 17.8. The molecule has 0 bridgehead atoms. The van der Waals surface area contributed by atoms with Gasteiger partial charge in [0.15, 0.2) is 0 Å². The zero-order chi connectivity index (χ0) is 16.2. The van der Waals surface area contributed by atoms with Gasteiger partial charge in [-0.2, -0.15) is 0 Å². The van der Waals surface area contributed by atoms with Crippen molar-refractivity contribution in [3.05, 3.63) is 47.5 Å². The Labute approximate surface area is 135 Å². The predicted octanol–water partition coefficient (Wildman–Crippen LogP) is 2.17. The van der Waals surface area contributed by atoms with Gasteiger partial charge < -0.3 is 9.64 Å². The van der Waals surface area contributed by atoms with Crippen molar-refractivity contribution >= 4 is 5.91 Å². The molecule has 2 aromatic heterocycles. The second kappa shape index (κ2) is 6.73. The molecule has 3 rings (SSSR count). The molecule has 0 spiro atoms. The second-order valence-corrected chi connectivity index (χ2v) is 5.81. The Balaban J connectivity index is 1.67. The van der Waals surface area contributed by atoms with Crippen molar-refractivity contribution in [1.29, 1.82) is 0 Å². The van der Waals surface area contributed by atoms with Gasteiger partial charge in [0.05, 0.1) is 12.1 Å². The fourth-order valence-electron chi connectivity index (χ4n) is 2.79. The number of aryl methyl sites for hydroxylation is 2. The lowest BCUT2D eigenvalue weighted by molar-refractivity contribution is 0.0514. The van der Waals surface area contributed by atoms with E-state index in [0.29, 0.717) is 18.1 Å². The van der Waals surface area contributed by atoms with Crippen LogP contribution in [-0.4, -0.2) is 45.0 Å². The van der Waals surface area contributed by atoms with Gasteiger partial charge in [-0.05, 0) is 44.9 Å². The minimum atomic E-state index is -0.0782. The molecule has 1 aliphatic heterocycles. The number of pyridine rings is 1. The van der Waals surface area contributed by atoms with E-state index in [0.717, 1.165) is 30.8 Å². The quantitative estimate of drug-likeness (QED) is 0.869. The topological polar surface area (TPSA) is 68.2 Å². The third-order valence-electron chi connectivity index (χ3n) is 3.81. The van der Waals surface area contributed by atoms with E-state index in [9.17, 15) is 4.79 Å². The fraction of sp³-hybridized carbons (Fsp3) is 0.412. The van der Waals surface area contributed by atoms with E-state index >= 15 is 0 Å². The monoisotopic (exact) mass is 312 g/mol. The molecule has 3 heterocycles. The Morgan fingerprint density at radius 1 is 1.30 bits per heavy atom. The molecule has 6 nitrogen and oxygen atoms in total. The molecule has 1 aliphatic rings. The van der Waals surface area contributed by atoms with Gasteiger partial charge in [-0.3, -0.25) is 9.78 Å². The van der Waals surface area contributed by atoms with Gasteiger partial charge in [0.1, 0.15) is 6.10 Å². The number of carbonyl (C=O) groups is 1. The number of rotatable bonds is 3. The van der Waals surface area contributed by atoms with Crippen molar-refractivity contribution in [2.24, 2.45) is 0 Å². The van der Waals surface area contributed by atoms with Crippen LogP contribution < -0.4 is 4.74 Å². The van der Waals surface area contributed by atoms with E-state index in [1.54, 1.807) is 24.5 Å². The lowest BCUT2D eigenvalue weighted by Crippen LogP contribution is -2.44. The smallest absolute Gasteiger partial charge is 0.317 e. The first kappa shape index (κ1) is 15.4. The van der Waals surface area contributed by atoms with Crippen LogP contribution in [0.5, 0.6) is 6.01 Å². The second-order valence-electron chi connectivity index (χ2n) is 5.81. The van der Waals surface area contributed by atoms with Crippen molar-refractivity contribution in [2.45, 2.75) is 32.8 Å². The Kier molecular flexibility index (Phi) is 4.50. The summed E-state index contributed by atoms with van der Waals surface area (Å²) in [6, 6.07) is 5.86. The SMILES string of the molecule is Cc1cc(C)nc(OC2CCCN(C(=O)c3cccnc3)C2)n1. The van der Waals surface area contributed by atoms with Crippen molar-refractivity contribution in [3.63, 3.8) is 0 Å². The van der Waals surface area contributed by atoms with Gasteiger partial charge in [-0.25, -0.2) is 9.97 Å². The van der Waals surface area contributed by atoms with Crippen LogP contribution in [0.25, 0.3) is 0 Å². The number of likely N-dealkylation sites (tertiary alicyclic amines) is 1. The minimum Gasteiger partial charge on any atom is -0.458 e. The maximum Gasteiger partial charge on any atom is 0.317 e. The van der Waals surface area contributed by atoms with E-state index in [4.69, 9.17) is 4.74 Å². The van der Waals surface area contributed by atoms with Gasteiger partial charge in [0.2, 0.25) is 0 Å². The first-order valence-corrected chi connectivity index (χ1v) is 7.80. The molecule has 1 atom stereocenters. The average Bonchev–Trinajstić information content (AvgIpc) is 2.54. The highest BCUT2D eigenvalue weighted by Crippen LogP contribution is 2.18. The maximum absolute atomic E-state index is 12.5. The number of piperidine rings is 1. The van der Waals surface area contributed by atoms with Gasteiger partial charge in [0, 0.05) is 30.3 Å². The fourth-order valence-corrected chi connectivity index (χ4v) is 2.79. The van der Waals surface area contributed by atoms with Crippen LogP contribution in [0, 0.1) is 13.8 Å². The summed E-state index contributed by atoms with van der Waals surface area (Å²) in [6.45, 7) is 5.12. The summed E-state index contributed by atoms with van der Waals surface area (Å²) in [5.41, 5.74) is 2.37. The standard InChI is InChI=1S/C17H20N4O2/c1-12-9-13(2)20-17(19-12)23-15-6-4-8-21(11-15)16(22)14-5-3-7-18-10-14/h3,5,7,9-10,15H,4,6,8,11H2,1-2H3. The van der Waals surface area contributed by atoms with E-state index in [-0.39, 0.29) is 12.0 Å². The molecule has 0 aliphatic carbocycles. The molecule has 0 N–H and O–H groups in total. The number of aromatic nitrogens is 3. The molecule has 0 saturated carbocycles. The van der Waals surface area contributed by atoms with E-state index in [1.807, 2.05) is 24.8 Å². The average molecular weight is 312 g/mol. The van der Waals surface area contributed by atoms with Crippen LogP contribution in [0.15, 0.2) is 30.6 Å². The number of nitrogens with zero attached hydrogens (tertiary/aromatic N) is 4. The van der Waals surface area contributed by atoms with Crippen molar-refractivity contribution < 1.29 is 9.53 Å². The van der Waals surface area contributed by atoms with Gasteiger partial charge >= 0.3 is 6.01 Å². The molecule has 1 amide bonds. The van der Waals surface area contributed by atoms with Crippen molar-refractivity contribution in [1.82, 2.24) is 19.9 Å². The molecular weight excluding hydrogens is 292 g/mol. The predicted molar refractivity (Wildman–Crippen MR) is 85.3 cm³/mol.